The molecule has 0 atom stereocenters. The minimum absolute atomic E-state index is 0.0395. The molecule has 0 saturated carbocycles. The van der Waals surface area contributed by atoms with Crippen molar-refractivity contribution in [2.75, 3.05) is 22.8 Å². The molecule has 0 spiro atoms. The summed E-state index contributed by atoms with van der Waals surface area (Å²) in [5, 5.41) is 2.61. The first-order chi connectivity index (χ1) is 14.9. The van der Waals surface area contributed by atoms with Crippen LogP contribution in [0.1, 0.15) is 17.3 Å². The van der Waals surface area contributed by atoms with Gasteiger partial charge in [-0.25, -0.2) is 13.2 Å². The monoisotopic (exact) mass is 438 g/mol. The first-order valence-corrected chi connectivity index (χ1v) is 11.1. The Bertz CT molecular complexity index is 1150. The summed E-state index contributed by atoms with van der Waals surface area (Å²) >= 11 is 0. The number of benzene rings is 3. The van der Waals surface area contributed by atoms with E-state index in [0.29, 0.717) is 11.4 Å². The highest BCUT2D eigenvalue weighted by atomic mass is 32.2. The number of sulfonamides is 1. The molecule has 0 heterocycles. The van der Waals surface area contributed by atoms with E-state index < -0.39 is 28.5 Å². The lowest BCUT2D eigenvalue weighted by Gasteiger charge is -2.23. The number of para-hydroxylation sites is 2. The Balaban J connectivity index is 1.71. The number of carbonyl (C=O) groups excluding carboxylic acids is 2. The highest BCUT2D eigenvalue weighted by Crippen LogP contribution is 2.24. The van der Waals surface area contributed by atoms with Crippen LogP contribution in [0.15, 0.2) is 89.8 Å². The van der Waals surface area contributed by atoms with Gasteiger partial charge in [0, 0.05) is 12.2 Å². The molecular formula is C23H22N2O5S. The molecule has 0 saturated heterocycles. The maximum absolute atomic E-state index is 13.1. The molecule has 3 aromatic carbocycles. The third-order valence-corrected chi connectivity index (χ3v) is 6.28. The van der Waals surface area contributed by atoms with Crippen LogP contribution < -0.4 is 9.62 Å². The van der Waals surface area contributed by atoms with Crippen molar-refractivity contribution in [1.82, 2.24) is 0 Å². The van der Waals surface area contributed by atoms with Gasteiger partial charge in [0.05, 0.1) is 16.1 Å². The van der Waals surface area contributed by atoms with E-state index in [4.69, 9.17) is 4.74 Å². The van der Waals surface area contributed by atoms with Crippen LogP contribution in [0.3, 0.4) is 0 Å². The highest BCUT2D eigenvalue weighted by Gasteiger charge is 2.24. The summed E-state index contributed by atoms with van der Waals surface area (Å²) in [4.78, 5) is 24.3. The van der Waals surface area contributed by atoms with Gasteiger partial charge < -0.3 is 10.1 Å². The van der Waals surface area contributed by atoms with Crippen molar-refractivity contribution < 1.29 is 22.7 Å². The highest BCUT2D eigenvalue weighted by molar-refractivity contribution is 7.92. The van der Waals surface area contributed by atoms with E-state index in [9.17, 15) is 18.0 Å². The van der Waals surface area contributed by atoms with Crippen LogP contribution in [0.25, 0.3) is 0 Å². The number of amides is 1. The lowest BCUT2D eigenvalue weighted by Crippen LogP contribution is -2.30. The Morgan fingerprint density at radius 1 is 0.903 bits per heavy atom. The normalized spacial score (nSPS) is 10.9. The van der Waals surface area contributed by atoms with Crippen molar-refractivity contribution in [1.29, 1.82) is 0 Å². The van der Waals surface area contributed by atoms with Crippen LogP contribution in [0.2, 0.25) is 0 Å². The fourth-order valence-electron chi connectivity index (χ4n) is 2.93. The smallest absolute Gasteiger partial charge is 0.338 e. The van der Waals surface area contributed by atoms with Gasteiger partial charge in [0.1, 0.15) is 0 Å². The van der Waals surface area contributed by atoms with Crippen molar-refractivity contribution in [3.05, 3.63) is 90.5 Å². The Hall–Kier alpha value is -3.65. The van der Waals surface area contributed by atoms with Gasteiger partial charge in [-0.1, -0.05) is 42.5 Å². The zero-order valence-electron chi connectivity index (χ0n) is 16.9. The second-order valence-corrected chi connectivity index (χ2v) is 8.39. The number of anilines is 2. The quantitative estimate of drug-likeness (QED) is 0.542. The van der Waals surface area contributed by atoms with Gasteiger partial charge in [-0.2, -0.15) is 0 Å². The lowest BCUT2D eigenvalue weighted by atomic mass is 10.2. The number of hydrogen-bond donors (Lipinski definition) is 1. The Labute approximate surface area is 181 Å². The zero-order valence-corrected chi connectivity index (χ0v) is 17.7. The second-order valence-electron chi connectivity index (χ2n) is 6.52. The molecule has 7 nitrogen and oxygen atoms in total. The number of rotatable bonds is 8. The Morgan fingerprint density at radius 3 is 2.19 bits per heavy atom. The zero-order chi connectivity index (χ0) is 22.3. The van der Waals surface area contributed by atoms with Crippen molar-refractivity contribution >= 4 is 33.3 Å². The van der Waals surface area contributed by atoms with Gasteiger partial charge in [-0.15, -0.1) is 0 Å². The summed E-state index contributed by atoms with van der Waals surface area (Å²) < 4.78 is 32.5. The maximum atomic E-state index is 13.1. The second kappa shape index (κ2) is 9.90. The van der Waals surface area contributed by atoms with Gasteiger partial charge in [0.2, 0.25) is 0 Å². The number of ether oxygens (including phenoxy) is 1. The van der Waals surface area contributed by atoms with E-state index in [2.05, 4.69) is 5.32 Å². The predicted molar refractivity (Wildman–Crippen MR) is 118 cm³/mol. The molecule has 160 valence electrons. The molecule has 3 rings (SSSR count). The molecule has 1 N–H and O–H groups in total. The van der Waals surface area contributed by atoms with Crippen molar-refractivity contribution in [3.8, 4) is 0 Å². The van der Waals surface area contributed by atoms with Crippen molar-refractivity contribution in [3.63, 3.8) is 0 Å². The van der Waals surface area contributed by atoms with E-state index in [1.807, 2.05) is 6.07 Å². The Morgan fingerprint density at radius 2 is 1.55 bits per heavy atom. The molecular weight excluding hydrogens is 416 g/mol. The summed E-state index contributed by atoms with van der Waals surface area (Å²) in [5.41, 5.74) is 1.14. The van der Waals surface area contributed by atoms with Crippen LogP contribution in [0, 0.1) is 0 Å². The van der Waals surface area contributed by atoms with Gasteiger partial charge in [-0.05, 0) is 49.4 Å². The van der Waals surface area contributed by atoms with Crippen LogP contribution in [0.4, 0.5) is 11.4 Å². The largest absolute Gasteiger partial charge is 0.452 e. The predicted octanol–water partition coefficient (Wildman–Crippen LogP) is 3.70. The molecule has 3 aromatic rings. The lowest BCUT2D eigenvalue weighted by molar-refractivity contribution is -0.119. The molecule has 0 aromatic heterocycles. The van der Waals surface area contributed by atoms with Crippen LogP contribution in [0.5, 0.6) is 0 Å². The van der Waals surface area contributed by atoms with Gasteiger partial charge in [-0.3, -0.25) is 9.10 Å². The summed E-state index contributed by atoms with van der Waals surface area (Å²) in [7, 11) is -3.89. The number of carbonyl (C=O) groups is 2. The molecule has 0 unspecified atom stereocenters. The van der Waals surface area contributed by atoms with E-state index in [1.165, 1.54) is 28.6 Å². The first-order valence-electron chi connectivity index (χ1n) is 9.61. The number of nitrogens with one attached hydrogen (secondary N) is 1. The summed E-state index contributed by atoms with van der Waals surface area (Å²) in [6.07, 6.45) is 0. The summed E-state index contributed by atoms with van der Waals surface area (Å²) in [5.74, 6) is -1.28. The molecule has 0 bridgehead atoms. The van der Waals surface area contributed by atoms with E-state index in [0.717, 1.165) is 0 Å². The molecule has 1 amide bonds. The van der Waals surface area contributed by atoms with Gasteiger partial charge in [0.15, 0.2) is 6.61 Å². The topological polar surface area (TPSA) is 92.8 Å². The average molecular weight is 439 g/mol. The molecule has 31 heavy (non-hydrogen) atoms. The molecule has 0 aliphatic rings. The molecule has 0 fully saturated rings. The van der Waals surface area contributed by atoms with Crippen molar-refractivity contribution in [2.45, 2.75) is 11.8 Å². The molecule has 0 aliphatic carbocycles. The average Bonchev–Trinajstić information content (AvgIpc) is 2.79. The van der Waals surface area contributed by atoms with Crippen LogP contribution in [-0.4, -0.2) is 33.4 Å². The fraction of sp³-hybridized carbons (Fsp3) is 0.130. The standard InChI is InChI=1S/C23H22N2O5S/c1-2-25(20-13-7-4-8-14-20)31(28,29)21-15-9-10-18(16-21)23(27)30-17-22(26)24-19-11-5-3-6-12-19/h3-16H,2,17H2,1H3,(H,24,26). The third kappa shape index (κ3) is 5.49. The van der Waals surface area contributed by atoms with E-state index in [1.54, 1.807) is 61.5 Å². The SMILES string of the molecule is CCN(c1ccccc1)S(=O)(=O)c1cccc(C(=O)OCC(=O)Nc2ccccc2)c1. The molecule has 8 heteroatoms. The van der Waals surface area contributed by atoms with Crippen molar-refractivity contribution in [2.24, 2.45) is 0 Å². The minimum Gasteiger partial charge on any atom is -0.452 e. The molecule has 0 radical (unpaired) electrons. The fourth-order valence-corrected chi connectivity index (χ4v) is 4.45. The number of nitrogens with zero attached hydrogens (tertiary/aromatic N) is 1. The van der Waals surface area contributed by atoms with Crippen LogP contribution >= 0.6 is 0 Å². The maximum Gasteiger partial charge on any atom is 0.338 e. The summed E-state index contributed by atoms with van der Waals surface area (Å²) in [6, 6.07) is 23.0. The number of esters is 1. The third-order valence-electron chi connectivity index (χ3n) is 4.38. The summed E-state index contributed by atoms with van der Waals surface area (Å²) in [6.45, 7) is 1.46. The van der Waals surface area contributed by atoms with Gasteiger partial charge >= 0.3 is 5.97 Å². The first kappa shape index (κ1) is 22.0. The van der Waals surface area contributed by atoms with Crippen LogP contribution in [-0.2, 0) is 19.6 Å². The minimum atomic E-state index is -3.89. The molecule has 0 aliphatic heterocycles. The Kier molecular flexibility index (Phi) is 7.04. The van der Waals surface area contributed by atoms with E-state index >= 15 is 0 Å². The van der Waals surface area contributed by atoms with Gasteiger partial charge in [0.25, 0.3) is 15.9 Å². The van der Waals surface area contributed by atoms with E-state index in [-0.39, 0.29) is 17.0 Å². The number of hydrogen-bond acceptors (Lipinski definition) is 5.